The summed E-state index contributed by atoms with van der Waals surface area (Å²) in [5.74, 6) is -0.918. The van der Waals surface area contributed by atoms with Crippen LogP contribution in [0.4, 0.5) is 0 Å². The fourth-order valence-corrected chi connectivity index (χ4v) is 9.21. The van der Waals surface area contributed by atoms with Crippen LogP contribution in [0.15, 0.2) is 97.2 Å². The van der Waals surface area contributed by atoms with E-state index >= 15 is 0 Å². The maximum absolute atomic E-state index is 12.8. The van der Waals surface area contributed by atoms with E-state index in [2.05, 4.69) is 118 Å². The lowest BCUT2D eigenvalue weighted by molar-refractivity contribution is -0.167. The van der Waals surface area contributed by atoms with Crippen LogP contribution < -0.4 is 0 Å². The van der Waals surface area contributed by atoms with Gasteiger partial charge in [0.15, 0.2) is 6.10 Å². The largest absolute Gasteiger partial charge is 0.462 e. The smallest absolute Gasteiger partial charge is 0.306 e. The number of unbranched alkanes of at least 4 members (excludes halogenated alkanes) is 32. The summed E-state index contributed by atoms with van der Waals surface area (Å²) in [5.41, 5.74) is 0. The summed E-state index contributed by atoms with van der Waals surface area (Å²) in [4.78, 5) is 38.2. The zero-order valence-electron chi connectivity index (χ0n) is 50.7. The van der Waals surface area contributed by atoms with E-state index in [-0.39, 0.29) is 31.1 Å². The molecule has 0 heterocycles. The highest BCUT2D eigenvalue weighted by Gasteiger charge is 2.19. The Hall–Kier alpha value is -3.67. The highest BCUT2D eigenvalue weighted by molar-refractivity contribution is 5.71. The fraction of sp³-hybridized carbons (Fsp3) is 0.732. The molecule has 0 saturated carbocycles. The van der Waals surface area contributed by atoms with Crippen molar-refractivity contribution in [1.29, 1.82) is 0 Å². The van der Waals surface area contributed by atoms with E-state index in [4.69, 9.17) is 14.2 Å². The minimum Gasteiger partial charge on any atom is -0.462 e. The molecule has 0 saturated heterocycles. The van der Waals surface area contributed by atoms with Gasteiger partial charge in [0.2, 0.25) is 0 Å². The van der Waals surface area contributed by atoms with Gasteiger partial charge in [0.05, 0.1) is 0 Å². The molecular weight excluding hydrogens is 949 g/mol. The van der Waals surface area contributed by atoms with Crippen molar-refractivity contribution >= 4 is 17.9 Å². The van der Waals surface area contributed by atoms with Crippen molar-refractivity contribution in [3.05, 3.63) is 97.2 Å². The molecule has 0 bridgehead atoms. The first-order valence-electron chi connectivity index (χ1n) is 32.7. The van der Waals surface area contributed by atoms with E-state index in [9.17, 15) is 14.4 Å². The summed E-state index contributed by atoms with van der Waals surface area (Å²) in [7, 11) is 0. The van der Waals surface area contributed by atoms with Crippen LogP contribution in [0.1, 0.15) is 316 Å². The lowest BCUT2D eigenvalue weighted by atomic mass is 10.0. The molecule has 0 aliphatic heterocycles. The predicted molar refractivity (Wildman–Crippen MR) is 334 cm³/mol. The second-order valence-electron chi connectivity index (χ2n) is 21.6. The fourth-order valence-electron chi connectivity index (χ4n) is 9.21. The van der Waals surface area contributed by atoms with E-state index in [0.29, 0.717) is 19.3 Å². The Morgan fingerprint density at radius 2 is 0.506 bits per heavy atom. The van der Waals surface area contributed by atoms with Crippen molar-refractivity contribution in [1.82, 2.24) is 0 Å². The number of carbonyl (C=O) groups excluding carboxylic acids is 3. The molecule has 0 aliphatic rings. The van der Waals surface area contributed by atoms with E-state index in [1.165, 1.54) is 161 Å². The lowest BCUT2D eigenvalue weighted by Gasteiger charge is -2.18. The van der Waals surface area contributed by atoms with Crippen LogP contribution in [-0.4, -0.2) is 37.2 Å². The number of esters is 3. The first-order chi connectivity index (χ1) is 38.0. The molecule has 0 aromatic heterocycles. The van der Waals surface area contributed by atoms with E-state index < -0.39 is 6.10 Å². The van der Waals surface area contributed by atoms with Crippen molar-refractivity contribution in [2.24, 2.45) is 0 Å². The number of hydrogen-bond acceptors (Lipinski definition) is 6. The molecule has 0 N–H and O–H groups in total. The van der Waals surface area contributed by atoms with Crippen LogP contribution in [0.2, 0.25) is 0 Å². The van der Waals surface area contributed by atoms with Gasteiger partial charge < -0.3 is 14.2 Å². The molecule has 442 valence electrons. The van der Waals surface area contributed by atoms with Crippen LogP contribution >= 0.6 is 0 Å². The first-order valence-corrected chi connectivity index (χ1v) is 32.7. The van der Waals surface area contributed by atoms with Crippen LogP contribution in [0.3, 0.4) is 0 Å². The Balaban J connectivity index is 4.11. The predicted octanol–water partition coefficient (Wildman–Crippen LogP) is 22.4. The van der Waals surface area contributed by atoms with Gasteiger partial charge in [-0.2, -0.15) is 0 Å². The molecule has 0 radical (unpaired) electrons. The Labute approximate surface area is 477 Å². The Bertz CT molecular complexity index is 1510. The third kappa shape index (κ3) is 63.0. The molecular formula is C71H122O6. The Morgan fingerprint density at radius 3 is 0.818 bits per heavy atom. The molecule has 1 atom stereocenters. The number of rotatable bonds is 59. The average Bonchev–Trinajstić information content (AvgIpc) is 3.43. The maximum Gasteiger partial charge on any atom is 0.306 e. The minimum atomic E-state index is -0.794. The molecule has 0 aromatic carbocycles. The molecule has 1 unspecified atom stereocenters. The maximum atomic E-state index is 12.8. The monoisotopic (exact) mass is 1070 g/mol. The normalized spacial score (nSPS) is 12.7. The number of allylic oxidation sites excluding steroid dienone is 16. The summed E-state index contributed by atoms with van der Waals surface area (Å²) >= 11 is 0. The van der Waals surface area contributed by atoms with Crippen molar-refractivity contribution in [3.63, 3.8) is 0 Å². The molecule has 6 nitrogen and oxygen atoms in total. The van der Waals surface area contributed by atoms with E-state index in [1.807, 2.05) is 0 Å². The van der Waals surface area contributed by atoms with Crippen LogP contribution in [0, 0.1) is 0 Å². The molecule has 0 aliphatic carbocycles. The van der Waals surface area contributed by atoms with Gasteiger partial charge in [-0.1, -0.05) is 279 Å². The van der Waals surface area contributed by atoms with Gasteiger partial charge in [-0.25, -0.2) is 0 Å². The second kappa shape index (κ2) is 64.9. The van der Waals surface area contributed by atoms with Crippen molar-refractivity contribution < 1.29 is 28.6 Å². The molecule has 6 heteroatoms. The molecule has 0 rings (SSSR count). The molecule has 0 spiro atoms. The summed E-state index contributed by atoms with van der Waals surface area (Å²) < 4.78 is 16.9. The highest BCUT2D eigenvalue weighted by Crippen LogP contribution is 2.17. The van der Waals surface area contributed by atoms with E-state index in [1.54, 1.807) is 0 Å². The van der Waals surface area contributed by atoms with Gasteiger partial charge in [-0.3, -0.25) is 14.4 Å². The Kier molecular flexibility index (Phi) is 61.8. The van der Waals surface area contributed by atoms with Crippen molar-refractivity contribution in [2.75, 3.05) is 13.2 Å². The number of hydrogen-bond donors (Lipinski definition) is 0. The quantitative estimate of drug-likeness (QED) is 0.0261. The first kappa shape index (κ1) is 73.3. The standard InChI is InChI=1S/C71H122O6/c1-4-7-10-13-16-19-22-25-26-27-28-29-30-31-32-33-34-35-36-37-38-39-40-41-42-43-44-47-49-52-55-58-61-64-70(73)76-67-68(77-71(74)65-62-59-56-53-50-46-24-21-18-15-12-9-6-3)66-75-69(72)63-60-57-54-51-48-45-23-20-17-14-11-8-5-2/h7,9-10,12,16,18-21,23,25-26,28-29,46,50,68H,4-6,8,11,13-15,17,22,24,27,30-45,47-49,51-67H2,1-3H3/b10-7-,12-9-,19-16-,21-18-,23-20-,26-25-,29-28-,50-46-. The second-order valence-corrected chi connectivity index (χ2v) is 21.6. The zero-order valence-corrected chi connectivity index (χ0v) is 50.7. The van der Waals surface area contributed by atoms with Gasteiger partial charge in [0.1, 0.15) is 13.2 Å². The van der Waals surface area contributed by atoms with Gasteiger partial charge >= 0.3 is 17.9 Å². The van der Waals surface area contributed by atoms with Crippen LogP contribution in [0.25, 0.3) is 0 Å². The topological polar surface area (TPSA) is 78.9 Å². The molecule has 0 amide bonds. The van der Waals surface area contributed by atoms with Gasteiger partial charge in [0.25, 0.3) is 0 Å². The van der Waals surface area contributed by atoms with Gasteiger partial charge in [0, 0.05) is 19.3 Å². The lowest BCUT2D eigenvalue weighted by Crippen LogP contribution is -2.30. The SMILES string of the molecule is CC/C=C\C/C=C\C/C=C\C/C=C\CCCCCCCCCCCCCCCCCCCCCCC(=O)OCC(COC(=O)CCCCCCC/C=C\CCCCCC)OC(=O)CCCCC/C=C\C/C=C\C/C=C\CC. The summed E-state index contributed by atoms with van der Waals surface area (Å²) in [6, 6.07) is 0. The summed E-state index contributed by atoms with van der Waals surface area (Å²) in [6.45, 7) is 6.39. The molecule has 77 heavy (non-hydrogen) atoms. The molecule has 0 fully saturated rings. The highest BCUT2D eigenvalue weighted by atomic mass is 16.6. The summed E-state index contributed by atoms with van der Waals surface area (Å²) in [5, 5.41) is 0. The summed E-state index contributed by atoms with van der Waals surface area (Å²) in [6.07, 6.45) is 87.3. The van der Waals surface area contributed by atoms with Gasteiger partial charge in [-0.15, -0.1) is 0 Å². The van der Waals surface area contributed by atoms with Gasteiger partial charge in [-0.05, 0) is 116 Å². The van der Waals surface area contributed by atoms with Crippen LogP contribution in [-0.2, 0) is 28.6 Å². The third-order valence-corrected chi connectivity index (χ3v) is 14.1. The minimum absolute atomic E-state index is 0.0888. The Morgan fingerprint density at radius 1 is 0.273 bits per heavy atom. The average molecular weight is 1070 g/mol. The van der Waals surface area contributed by atoms with Crippen molar-refractivity contribution in [2.45, 2.75) is 322 Å². The number of ether oxygens (including phenoxy) is 3. The third-order valence-electron chi connectivity index (χ3n) is 14.1. The van der Waals surface area contributed by atoms with Crippen molar-refractivity contribution in [3.8, 4) is 0 Å². The van der Waals surface area contributed by atoms with Crippen LogP contribution in [0.5, 0.6) is 0 Å². The van der Waals surface area contributed by atoms with E-state index in [0.717, 1.165) is 116 Å². The molecule has 0 aromatic rings. The number of carbonyl (C=O) groups is 3. The zero-order chi connectivity index (χ0) is 55.7.